The number of carbonyl (C=O) groups is 2. The molecular weight excluding hydrogens is 290 g/mol. The van der Waals surface area contributed by atoms with E-state index in [-0.39, 0.29) is 17.4 Å². The number of benzene rings is 1. The second-order valence-electron chi connectivity index (χ2n) is 4.87. The number of fused-ring (bicyclic) bond motifs is 1. The van der Waals surface area contributed by atoms with E-state index in [1.165, 1.54) is 11.1 Å². The Labute approximate surface area is 128 Å². The first-order valence-electron chi connectivity index (χ1n) is 6.84. The highest BCUT2D eigenvalue weighted by atomic mass is 32.2. The van der Waals surface area contributed by atoms with E-state index in [1.807, 2.05) is 17.0 Å². The Bertz CT molecular complexity index is 532. The van der Waals surface area contributed by atoms with Crippen LogP contribution in [-0.2, 0) is 22.4 Å². The molecule has 1 aliphatic heterocycles. The van der Waals surface area contributed by atoms with Crippen LogP contribution < -0.4 is 4.74 Å². The van der Waals surface area contributed by atoms with E-state index in [9.17, 15) is 9.59 Å². The summed E-state index contributed by atoms with van der Waals surface area (Å²) in [6.45, 7) is 1.33. The Morgan fingerprint density at radius 3 is 2.76 bits per heavy atom. The molecule has 1 aromatic rings. The minimum absolute atomic E-state index is 0.00743. The van der Waals surface area contributed by atoms with Crippen LogP contribution in [0.2, 0.25) is 0 Å². The molecule has 0 fully saturated rings. The first kappa shape index (κ1) is 15.7. The summed E-state index contributed by atoms with van der Waals surface area (Å²) in [5.74, 6) is 0.184. The smallest absolute Gasteiger partial charge is 0.313 e. The monoisotopic (exact) mass is 309 g/mol. The van der Waals surface area contributed by atoms with Crippen LogP contribution in [0.3, 0.4) is 0 Å². The average molecular weight is 309 g/mol. The molecule has 0 spiro atoms. The van der Waals surface area contributed by atoms with Crippen LogP contribution >= 0.6 is 11.8 Å². The normalized spacial score (nSPS) is 14.2. The topological polar surface area (TPSA) is 66.8 Å². The molecule has 1 N–H and O–H groups in total. The summed E-state index contributed by atoms with van der Waals surface area (Å²) in [5.41, 5.74) is 2.40. The minimum Gasteiger partial charge on any atom is -0.496 e. The predicted octanol–water partition coefficient (Wildman–Crippen LogP) is 1.44. The maximum atomic E-state index is 12.1. The second kappa shape index (κ2) is 7.36. The van der Waals surface area contributed by atoms with Crippen molar-refractivity contribution in [2.45, 2.75) is 12.8 Å². The van der Waals surface area contributed by atoms with E-state index in [0.717, 1.165) is 30.4 Å². The van der Waals surface area contributed by atoms with Crippen LogP contribution in [0.15, 0.2) is 18.2 Å². The molecule has 0 bridgehead atoms. The lowest BCUT2D eigenvalue weighted by Crippen LogP contribution is -2.34. The zero-order chi connectivity index (χ0) is 15.2. The minimum atomic E-state index is -0.888. The number of carboxylic acid groups (broad SMARTS) is 1. The molecule has 21 heavy (non-hydrogen) atoms. The lowest BCUT2D eigenvalue weighted by atomic mass is 10.0. The molecule has 6 heteroatoms. The first-order chi connectivity index (χ1) is 10.1. The number of carbonyl (C=O) groups excluding carboxylic acids is 1. The zero-order valence-electron chi connectivity index (χ0n) is 12.0. The molecule has 1 aromatic carbocycles. The molecule has 0 unspecified atom stereocenters. The van der Waals surface area contributed by atoms with Crippen molar-refractivity contribution in [2.75, 3.05) is 31.7 Å². The van der Waals surface area contributed by atoms with Crippen molar-refractivity contribution >= 4 is 23.6 Å². The summed E-state index contributed by atoms with van der Waals surface area (Å²) < 4.78 is 5.38. The van der Waals surface area contributed by atoms with Gasteiger partial charge >= 0.3 is 5.97 Å². The van der Waals surface area contributed by atoms with E-state index in [4.69, 9.17) is 9.84 Å². The third-order valence-corrected chi connectivity index (χ3v) is 4.44. The molecule has 0 radical (unpaired) electrons. The van der Waals surface area contributed by atoms with Crippen molar-refractivity contribution < 1.29 is 19.4 Å². The number of thioether (sulfide) groups is 1. The number of aliphatic carboxylic acids is 1. The number of hydrogen-bond acceptors (Lipinski definition) is 4. The molecule has 1 aliphatic rings. The van der Waals surface area contributed by atoms with Crippen LogP contribution in [0.4, 0.5) is 0 Å². The number of hydrogen-bond donors (Lipinski definition) is 1. The van der Waals surface area contributed by atoms with Gasteiger partial charge in [0, 0.05) is 13.1 Å². The van der Waals surface area contributed by atoms with Gasteiger partial charge in [-0.05, 0) is 30.0 Å². The Hall–Kier alpha value is -1.69. The van der Waals surface area contributed by atoms with Crippen LogP contribution in [0, 0.1) is 0 Å². The van der Waals surface area contributed by atoms with E-state index >= 15 is 0 Å². The Morgan fingerprint density at radius 2 is 2.05 bits per heavy atom. The maximum Gasteiger partial charge on any atom is 0.313 e. The van der Waals surface area contributed by atoms with Crippen molar-refractivity contribution in [3.05, 3.63) is 29.3 Å². The number of carboxylic acids is 1. The highest BCUT2D eigenvalue weighted by Gasteiger charge is 2.20. The molecular formula is C15H19NO4S. The molecule has 1 heterocycles. The fourth-order valence-corrected chi connectivity index (χ4v) is 3.13. The highest BCUT2D eigenvalue weighted by molar-refractivity contribution is 8.00. The summed E-state index contributed by atoms with van der Waals surface area (Å²) in [7, 11) is 1.66. The van der Waals surface area contributed by atoms with Crippen LogP contribution in [0.5, 0.6) is 5.75 Å². The van der Waals surface area contributed by atoms with Crippen LogP contribution in [0.1, 0.15) is 11.1 Å². The zero-order valence-corrected chi connectivity index (χ0v) is 12.8. The summed E-state index contributed by atoms with van der Waals surface area (Å²) in [5, 5.41) is 8.60. The van der Waals surface area contributed by atoms with Gasteiger partial charge in [-0.25, -0.2) is 0 Å². The Morgan fingerprint density at radius 1 is 1.29 bits per heavy atom. The number of amides is 1. The van der Waals surface area contributed by atoms with Gasteiger partial charge in [0.1, 0.15) is 5.75 Å². The Balaban J connectivity index is 1.96. The second-order valence-corrected chi connectivity index (χ2v) is 5.85. The quantitative estimate of drug-likeness (QED) is 0.891. The van der Waals surface area contributed by atoms with Gasteiger partial charge in [0.05, 0.1) is 18.6 Å². The Kier molecular flexibility index (Phi) is 5.50. The molecule has 0 aromatic heterocycles. The van der Waals surface area contributed by atoms with E-state index in [2.05, 4.69) is 6.07 Å². The summed E-state index contributed by atoms with van der Waals surface area (Å²) in [6, 6.07) is 5.99. The third kappa shape index (κ3) is 4.14. The van der Waals surface area contributed by atoms with Gasteiger partial charge in [-0.15, -0.1) is 11.8 Å². The fraction of sp³-hybridized carbons (Fsp3) is 0.467. The number of ether oxygens (including phenoxy) is 1. The largest absolute Gasteiger partial charge is 0.496 e. The standard InChI is InChI=1S/C15H19NO4S/c1-20-13-4-2-3-11-5-7-16(8-6-12(11)13)14(17)9-21-10-15(18)19/h2-4H,5-10H2,1H3,(H,18,19). The molecule has 5 nitrogen and oxygen atoms in total. The van der Waals surface area contributed by atoms with Crippen molar-refractivity contribution in [3.8, 4) is 5.75 Å². The van der Waals surface area contributed by atoms with Crippen molar-refractivity contribution in [3.63, 3.8) is 0 Å². The molecule has 0 aliphatic carbocycles. The van der Waals surface area contributed by atoms with Crippen molar-refractivity contribution in [2.24, 2.45) is 0 Å². The van der Waals surface area contributed by atoms with Gasteiger partial charge < -0.3 is 14.7 Å². The summed E-state index contributed by atoms with van der Waals surface area (Å²) in [6.07, 6.45) is 1.58. The van der Waals surface area contributed by atoms with Crippen LogP contribution in [0.25, 0.3) is 0 Å². The van der Waals surface area contributed by atoms with Crippen molar-refractivity contribution in [1.82, 2.24) is 4.90 Å². The highest BCUT2D eigenvalue weighted by Crippen LogP contribution is 2.26. The lowest BCUT2D eigenvalue weighted by molar-refractivity contribution is -0.133. The SMILES string of the molecule is COc1cccc2c1CCN(C(=O)CSCC(=O)O)CC2. The van der Waals surface area contributed by atoms with Gasteiger partial charge in [-0.1, -0.05) is 12.1 Å². The maximum absolute atomic E-state index is 12.1. The van der Waals surface area contributed by atoms with Gasteiger partial charge in [0.25, 0.3) is 0 Å². The lowest BCUT2D eigenvalue weighted by Gasteiger charge is -2.19. The van der Waals surface area contributed by atoms with E-state index in [1.54, 1.807) is 7.11 Å². The number of methoxy groups -OCH3 is 1. The molecule has 114 valence electrons. The summed E-state index contributed by atoms with van der Waals surface area (Å²) >= 11 is 1.15. The van der Waals surface area contributed by atoms with E-state index in [0.29, 0.717) is 13.1 Å². The average Bonchev–Trinajstić information content (AvgIpc) is 2.69. The molecule has 1 amide bonds. The summed E-state index contributed by atoms with van der Waals surface area (Å²) in [4.78, 5) is 24.4. The molecule has 0 saturated heterocycles. The van der Waals surface area contributed by atoms with Crippen molar-refractivity contribution in [1.29, 1.82) is 0 Å². The number of rotatable bonds is 5. The van der Waals surface area contributed by atoms with Crippen LogP contribution in [-0.4, -0.2) is 53.6 Å². The van der Waals surface area contributed by atoms with E-state index < -0.39 is 5.97 Å². The first-order valence-corrected chi connectivity index (χ1v) is 7.99. The molecule has 0 saturated carbocycles. The predicted molar refractivity (Wildman–Crippen MR) is 81.9 cm³/mol. The van der Waals surface area contributed by atoms with Gasteiger partial charge in [0.15, 0.2) is 0 Å². The van der Waals surface area contributed by atoms with Gasteiger partial charge in [-0.2, -0.15) is 0 Å². The molecule has 0 atom stereocenters. The third-order valence-electron chi connectivity index (χ3n) is 3.54. The van der Waals surface area contributed by atoms with Gasteiger partial charge in [-0.3, -0.25) is 9.59 Å². The number of nitrogens with zero attached hydrogens (tertiary/aromatic N) is 1. The van der Waals surface area contributed by atoms with Gasteiger partial charge in [0.2, 0.25) is 5.91 Å². The fourth-order valence-electron chi connectivity index (χ4n) is 2.50. The molecule has 2 rings (SSSR count).